The minimum atomic E-state index is -2.60. The standard InChI is InChI=1S/C18H15F3N4O2/c19-11-6-22-17(23-7-11)24-14(26)8-25-9-18(3-4-18)13-5-10(15(20)21)1-2-12(13)16(25)27/h1-2,5-7,15H,3-4,8-9H2,(H,22,23,24,26). The summed E-state index contributed by atoms with van der Waals surface area (Å²) in [4.78, 5) is 33.6. The van der Waals surface area contributed by atoms with Gasteiger partial charge >= 0.3 is 0 Å². The van der Waals surface area contributed by atoms with Crippen molar-refractivity contribution in [3.63, 3.8) is 0 Å². The lowest BCUT2D eigenvalue weighted by Gasteiger charge is -2.34. The quantitative estimate of drug-likeness (QED) is 0.890. The van der Waals surface area contributed by atoms with Crippen molar-refractivity contribution in [2.24, 2.45) is 0 Å². The molecule has 0 saturated heterocycles. The molecule has 1 aliphatic carbocycles. The van der Waals surface area contributed by atoms with Crippen LogP contribution in [0.5, 0.6) is 0 Å². The van der Waals surface area contributed by atoms with E-state index >= 15 is 0 Å². The number of hydrogen-bond donors (Lipinski definition) is 1. The molecule has 27 heavy (non-hydrogen) atoms. The molecular weight excluding hydrogens is 361 g/mol. The summed E-state index contributed by atoms with van der Waals surface area (Å²) in [7, 11) is 0. The number of alkyl halides is 2. The van der Waals surface area contributed by atoms with Crippen molar-refractivity contribution in [1.29, 1.82) is 0 Å². The van der Waals surface area contributed by atoms with E-state index in [4.69, 9.17) is 0 Å². The maximum absolute atomic E-state index is 13.0. The highest BCUT2D eigenvalue weighted by Gasteiger charge is 2.51. The summed E-state index contributed by atoms with van der Waals surface area (Å²) >= 11 is 0. The summed E-state index contributed by atoms with van der Waals surface area (Å²) in [6, 6.07) is 4.06. The topological polar surface area (TPSA) is 75.2 Å². The monoisotopic (exact) mass is 376 g/mol. The van der Waals surface area contributed by atoms with E-state index in [1.807, 2.05) is 0 Å². The number of hydrogen-bond acceptors (Lipinski definition) is 4. The van der Waals surface area contributed by atoms with Crippen LogP contribution in [0.25, 0.3) is 0 Å². The molecule has 2 heterocycles. The largest absolute Gasteiger partial charge is 0.328 e. The number of carbonyl (C=O) groups excluding carboxylic acids is 2. The van der Waals surface area contributed by atoms with Crippen LogP contribution in [0.2, 0.25) is 0 Å². The molecule has 4 rings (SSSR count). The van der Waals surface area contributed by atoms with Crippen LogP contribution in [0, 0.1) is 5.82 Å². The van der Waals surface area contributed by atoms with Crippen molar-refractivity contribution in [3.05, 3.63) is 53.1 Å². The molecule has 1 saturated carbocycles. The Hall–Kier alpha value is -2.97. The predicted molar refractivity (Wildman–Crippen MR) is 88.8 cm³/mol. The second-order valence-corrected chi connectivity index (χ2v) is 6.82. The zero-order chi connectivity index (χ0) is 19.2. The summed E-state index contributed by atoms with van der Waals surface area (Å²) < 4.78 is 38.8. The molecule has 1 aromatic heterocycles. The van der Waals surface area contributed by atoms with Gasteiger partial charge in [0.25, 0.3) is 12.3 Å². The van der Waals surface area contributed by atoms with Crippen LogP contribution in [0.4, 0.5) is 19.1 Å². The maximum Gasteiger partial charge on any atom is 0.263 e. The predicted octanol–water partition coefficient (Wildman–Crippen LogP) is 2.68. The highest BCUT2D eigenvalue weighted by molar-refractivity contribution is 6.01. The van der Waals surface area contributed by atoms with Gasteiger partial charge in [-0.05, 0) is 30.5 Å². The smallest absolute Gasteiger partial charge is 0.263 e. The van der Waals surface area contributed by atoms with E-state index in [0.29, 0.717) is 17.7 Å². The fourth-order valence-corrected chi connectivity index (χ4v) is 3.44. The van der Waals surface area contributed by atoms with Gasteiger partial charge in [0, 0.05) is 23.1 Å². The molecule has 1 spiro atoms. The van der Waals surface area contributed by atoms with E-state index < -0.39 is 18.1 Å². The first kappa shape index (κ1) is 17.4. The molecule has 0 atom stereocenters. The molecule has 1 aromatic carbocycles. The molecule has 0 radical (unpaired) electrons. The van der Waals surface area contributed by atoms with Gasteiger partial charge in [0.2, 0.25) is 11.9 Å². The van der Waals surface area contributed by atoms with Gasteiger partial charge in [-0.25, -0.2) is 23.1 Å². The SMILES string of the molecule is O=C(CN1CC2(CC2)c2cc(C(F)F)ccc2C1=O)Nc1ncc(F)cn1. The first-order valence-electron chi connectivity index (χ1n) is 8.37. The van der Waals surface area contributed by atoms with E-state index in [-0.39, 0.29) is 29.4 Å². The number of amides is 2. The number of carbonyl (C=O) groups is 2. The van der Waals surface area contributed by atoms with E-state index in [9.17, 15) is 22.8 Å². The Labute approximate surface area is 152 Å². The number of halogens is 3. The Morgan fingerprint density at radius 1 is 1.26 bits per heavy atom. The molecule has 2 amide bonds. The number of fused-ring (bicyclic) bond motifs is 2. The summed E-state index contributed by atoms with van der Waals surface area (Å²) in [5, 5.41) is 2.41. The number of aromatic nitrogens is 2. The molecule has 2 aliphatic rings. The zero-order valence-electron chi connectivity index (χ0n) is 14.1. The molecular formula is C18H15F3N4O2. The van der Waals surface area contributed by atoms with Crippen molar-refractivity contribution in [2.45, 2.75) is 24.7 Å². The molecule has 0 unspecified atom stereocenters. The minimum Gasteiger partial charge on any atom is -0.328 e. The Kier molecular flexibility index (Phi) is 4.09. The van der Waals surface area contributed by atoms with Crippen LogP contribution in [0.3, 0.4) is 0 Å². The van der Waals surface area contributed by atoms with Crippen LogP contribution < -0.4 is 5.32 Å². The third-order valence-electron chi connectivity index (χ3n) is 4.94. The molecule has 2 aromatic rings. The summed E-state index contributed by atoms with van der Waals surface area (Å²) in [6.07, 6.45) is 0.800. The van der Waals surface area contributed by atoms with Crippen LogP contribution in [0.1, 0.15) is 40.8 Å². The van der Waals surface area contributed by atoms with Crippen molar-refractivity contribution in [2.75, 3.05) is 18.4 Å². The maximum atomic E-state index is 13.0. The van der Waals surface area contributed by atoms with Crippen molar-refractivity contribution in [1.82, 2.24) is 14.9 Å². The summed E-state index contributed by atoms with van der Waals surface area (Å²) in [6.45, 7) is 0.0700. The van der Waals surface area contributed by atoms with Gasteiger partial charge < -0.3 is 4.90 Å². The van der Waals surface area contributed by atoms with Gasteiger partial charge in [0.05, 0.1) is 12.4 Å². The number of anilines is 1. The molecule has 1 N–H and O–H groups in total. The first-order valence-corrected chi connectivity index (χ1v) is 8.37. The Bertz CT molecular complexity index is 913. The average Bonchev–Trinajstić information content (AvgIpc) is 3.41. The summed E-state index contributed by atoms with van der Waals surface area (Å²) in [5.74, 6) is -1.58. The molecule has 6 nitrogen and oxygen atoms in total. The highest BCUT2D eigenvalue weighted by Crippen LogP contribution is 2.52. The summed E-state index contributed by atoms with van der Waals surface area (Å²) in [5.41, 5.74) is 0.533. The average molecular weight is 376 g/mol. The molecule has 140 valence electrons. The fraction of sp³-hybridized carbons (Fsp3) is 0.333. The molecule has 1 aliphatic heterocycles. The van der Waals surface area contributed by atoms with E-state index in [2.05, 4.69) is 15.3 Å². The van der Waals surface area contributed by atoms with Crippen molar-refractivity contribution in [3.8, 4) is 0 Å². The molecule has 1 fully saturated rings. The Morgan fingerprint density at radius 2 is 1.96 bits per heavy atom. The third kappa shape index (κ3) is 3.24. The van der Waals surface area contributed by atoms with E-state index in [1.165, 1.54) is 23.1 Å². The first-order chi connectivity index (χ1) is 12.9. The van der Waals surface area contributed by atoms with Gasteiger partial charge in [-0.15, -0.1) is 0 Å². The highest BCUT2D eigenvalue weighted by atomic mass is 19.3. The number of nitrogens with zero attached hydrogens (tertiary/aromatic N) is 3. The molecule has 9 heteroatoms. The number of benzene rings is 1. The van der Waals surface area contributed by atoms with Crippen molar-refractivity contribution < 1.29 is 22.8 Å². The second-order valence-electron chi connectivity index (χ2n) is 6.82. The Balaban J connectivity index is 1.53. The number of nitrogens with one attached hydrogen (secondary N) is 1. The van der Waals surface area contributed by atoms with Crippen LogP contribution in [0.15, 0.2) is 30.6 Å². The van der Waals surface area contributed by atoms with Crippen LogP contribution in [-0.4, -0.2) is 39.8 Å². The van der Waals surface area contributed by atoms with Gasteiger partial charge in [0.1, 0.15) is 6.54 Å². The third-order valence-corrected chi connectivity index (χ3v) is 4.94. The van der Waals surface area contributed by atoms with Crippen molar-refractivity contribution >= 4 is 17.8 Å². The minimum absolute atomic E-state index is 0.0611. The fourth-order valence-electron chi connectivity index (χ4n) is 3.44. The lowest BCUT2D eigenvalue weighted by atomic mass is 9.85. The van der Waals surface area contributed by atoms with Gasteiger partial charge in [-0.1, -0.05) is 6.07 Å². The number of rotatable bonds is 4. The Morgan fingerprint density at radius 3 is 2.59 bits per heavy atom. The second kappa shape index (κ2) is 6.33. The van der Waals surface area contributed by atoms with Crippen LogP contribution >= 0.6 is 0 Å². The van der Waals surface area contributed by atoms with Gasteiger partial charge in [0.15, 0.2) is 5.82 Å². The van der Waals surface area contributed by atoms with Gasteiger partial charge in [-0.2, -0.15) is 0 Å². The van der Waals surface area contributed by atoms with E-state index in [1.54, 1.807) is 0 Å². The van der Waals surface area contributed by atoms with Crippen LogP contribution in [-0.2, 0) is 10.2 Å². The lowest BCUT2D eigenvalue weighted by molar-refractivity contribution is -0.117. The lowest BCUT2D eigenvalue weighted by Crippen LogP contribution is -2.46. The normalized spacial score (nSPS) is 17.2. The van der Waals surface area contributed by atoms with E-state index in [0.717, 1.165) is 25.2 Å². The van der Waals surface area contributed by atoms with Gasteiger partial charge in [-0.3, -0.25) is 14.9 Å². The zero-order valence-corrected chi connectivity index (χ0v) is 14.1. The molecule has 0 bridgehead atoms.